The van der Waals surface area contributed by atoms with E-state index in [1.807, 2.05) is 0 Å². The molecular weight excluding hydrogens is 268 g/mol. The van der Waals surface area contributed by atoms with Crippen molar-refractivity contribution in [3.05, 3.63) is 11.3 Å². The lowest BCUT2D eigenvalue weighted by Crippen LogP contribution is -2.14. The van der Waals surface area contributed by atoms with Gasteiger partial charge in [0.15, 0.2) is 11.5 Å². The van der Waals surface area contributed by atoms with E-state index in [2.05, 4.69) is 16.9 Å². The second kappa shape index (κ2) is 7.02. The van der Waals surface area contributed by atoms with Gasteiger partial charge in [-0.05, 0) is 18.8 Å². The van der Waals surface area contributed by atoms with Gasteiger partial charge in [-0.2, -0.15) is 0 Å². The van der Waals surface area contributed by atoms with Crippen LogP contribution in [0.5, 0.6) is 0 Å². The number of rotatable bonds is 1. The van der Waals surface area contributed by atoms with Crippen LogP contribution in [-0.2, 0) is 0 Å². The van der Waals surface area contributed by atoms with Crippen molar-refractivity contribution in [3.8, 4) is 11.8 Å². The van der Waals surface area contributed by atoms with Gasteiger partial charge in [0.25, 0.3) is 5.91 Å². The topological polar surface area (TPSA) is 107 Å². The fraction of sp³-hybridized carbons (Fsp3) is 0.600. The van der Waals surface area contributed by atoms with Crippen LogP contribution < -0.4 is 11.5 Å². The first-order valence-corrected chi connectivity index (χ1v) is 7.48. The summed E-state index contributed by atoms with van der Waals surface area (Å²) in [7, 11) is 0. The van der Waals surface area contributed by atoms with Gasteiger partial charge in [0.2, 0.25) is 0 Å². The number of hydrogen-bond donors (Lipinski definition) is 3. The second-order valence-electron chi connectivity index (χ2n) is 5.53. The molecule has 0 bridgehead atoms. The van der Waals surface area contributed by atoms with Crippen LogP contribution in [0.4, 0.5) is 5.82 Å². The molecule has 6 nitrogen and oxygen atoms in total. The smallest absolute Gasteiger partial charge is 0.255 e. The number of aromatic nitrogens is 2. The zero-order chi connectivity index (χ0) is 15.2. The van der Waals surface area contributed by atoms with E-state index >= 15 is 0 Å². The fourth-order valence-electron chi connectivity index (χ4n) is 2.70. The molecule has 1 heterocycles. The molecule has 21 heavy (non-hydrogen) atoms. The van der Waals surface area contributed by atoms with Crippen molar-refractivity contribution in [2.45, 2.75) is 51.4 Å². The molecule has 1 aliphatic rings. The van der Waals surface area contributed by atoms with E-state index in [0.717, 1.165) is 12.8 Å². The van der Waals surface area contributed by atoms with Crippen LogP contribution in [0.15, 0.2) is 0 Å². The maximum absolute atomic E-state index is 11.4. The van der Waals surface area contributed by atoms with Crippen molar-refractivity contribution < 1.29 is 10.0 Å². The number of anilines is 1. The number of carbonyl (C=O) groups excluding carboxylic acids is 1. The standard InChI is InChI=1S/C15H22N4O2/c16-14-13(15(17)20)12(18-19(14)21)10-9-11-7-5-3-1-2-4-6-8-11/h11,21H,1-8,16H2,(H2,17,20). The van der Waals surface area contributed by atoms with Crippen LogP contribution in [0.3, 0.4) is 0 Å². The number of nitrogens with zero attached hydrogens (tertiary/aromatic N) is 2. The van der Waals surface area contributed by atoms with Crippen molar-refractivity contribution in [3.63, 3.8) is 0 Å². The average molecular weight is 290 g/mol. The molecule has 1 aliphatic carbocycles. The SMILES string of the molecule is NC(=O)c1c(C#CC2CCCCCCCC2)nn(O)c1N. The molecule has 6 heteroatoms. The number of hydrogen-bond acceptors (Lipinski definition) is 4. The predicted molar refractivity (Wildman–Crippen MR) is 79.6 cm³/mol. The molecule has 0 spiro atoms. The molecule has 0 aliphatic heterocycles. The lowest BCUT2D eigenvalue weighted by Gasteiger charge is -2.07. The molecule has 1 aromatic heterocycles. The molecule has 1 fully saturated rings. The maximum Gasteiger partial charge on any atom is 0.255 e. The highest BCUT2D eigenvalue weighted by Crippen LogP contribution is 2.21. The second-order valence-corrected chi connectivity index (χ2v) is 5.53. The molecule has 1 amide bonds. The van der Waals surface area contributed by atoms with E-state index in [1.54, 1.807) is 0 Å². The highest BCUT2D eigenvalue weighted by molar-refractivity contribution is 5.99. The molecule has 0 aromatic carbocycles. The zero-order valence-corrected chi connectivity index (χ0v) is 12.1. The Morgan fingerprint density at radius 1 is 1.19 bits per heavy atom. The molecule has 0 atom stereocenters. The van der Waals surface area contributed by atoms with Gasteiger partial charge < -0.3 is 16.7 Å². The normalized spacial score (nSPS) is 17.1. The summed E-state index contributed by atoms with van der Waals surface area (Å²) in [6.45, 7) is 0. The Balaban J connectivity index is 2.17. The molecule has 1 saturated carbocycles. The van der Waals surface area contributed by atoms with Gasteiger partial charge in [-0.1, -0.05) is 49.3 Å². The van der Waals surface area contributed by atoms with Crippen LogP contribution in [0.25, 0.3) is 0 Å². The highest BCUT2D eigenvalue weighted by atomic mass is 16.5. The van der Waals surface area contributed by atoms with E-state index in [-0.39, 0.29) is 17.1 Å². The summed E-state index contributed by atoms with van der Waals surface area (Å²) >= 11 is 0. The Morgan fingerprint density at radius 3 is 2.33 bits per heavy atom. The fourth-order valence-corrected chi connectivity index (χ4v) is 2.70. The molecule has 5 N–H and O–H groups in total. The molecule has 0 radical (unpaired) electrons. The Morgan fingerprint density at radius 2 is 1.76 bits per heavy atom. The summed E-state index contributed by atoms with van der Waals surface area (Å²) in [4.78, 5) is 11.8. The van der Waals surface area contributed by atoms with Crippen molar-refractivity contribution in [1.82, 2.24) is 9.94 Å². The third kappa shape index (κ3) is 3.91. The van der Waals surface area contributed by atoms with E-state index in [9.17, 15) is 10.0 Å². The van der Waals surface area contributed by atoms with Crippen LogP contribution in [0, 0.1) is 17.8 Å². The van der Waals surface area contributed by atoms with E-state index in [1.165, 1.54) is 38.5 Å². The zero-order valence-electron chi connectivity index (χ0n) is 12.1. The summed E-state index contributed by atoms with van der Waals surface area (Å²) in [6.07, 6.45) is 9.60. The third-order valence-electron chi connectivity index (χ3n) is 3.90. The number of amides is 1. The number of nitrogen functional groups attached to an aromatic ring is 1. The number of primary amides is 1. The quantitative estimate of drug-likeness (QED) is 0.542. The maximum atomic E-state index is 11.4. The van der Waals surface area contributed by atoms with Gasteiger partial charge in [-0.15, -0.1) is 5.10 Å². The lowest BCUT2D eigenvalue weighted by atomic mass is 9.97. The summed E-state index contributed by atoms with van der Waals surface area (Å²) in [5.41, 5.74) is 11.0. The van der Waals surface area contributed by atoms with E-state index in [4.69, 9.17) is 11.5 Å². The van der Waals surface area contributed by atoms with Crippen molar-refractivity contribution in [2.24, 2.45) is 11.7 Å². The van der Waals surface area contributed by atoms with Crippen molar-refractivity contribution in [2.75, 3.05) is 5.73 Å². The Labute approximate surface area is 124 Å². The molecule has 0 unspecified atom stereocenters. The van der Waals surface area contributed by atoms with E-state index in [0.29, 0.717) is 10.8 Å². The van der Waals surface area contributed by atoms with Gasteiger partial charge >= 0.3 is 0 Å². The minimum atomic E-state index is -0.730. The first kappa shape index (κ1) is 15.2. The molecule has 2 rings (SSSR count). The van der Waals surface area contributed by atoms with Crippen LogP contribution >= 0.6 is 0 Å². The van der Waals surface area contributed by atoms with Crippen LogP contribution in [0.1, 0.15) is 67.4 Å². The summed E-state index contributed by atoms with van der Waals surface area (Å²) in [6, 6.07) is 0. The predicted octanol–water partition coefficient (Wildman–Crippen LogP) is 1.90. The minimum absolute atomic E-state index is 0.00642. The Kier molecular flexibility index (Phi) is 5.09. The third-order valence-corrected chi connectivity index (χ3v) is 3.90. The molecular formula is C15H22N4O2. The van der Waals surface area contributed by atoms with Crippen molar-refractivity contribution in [1.29, 1.82) is 0 Å². The lowest BCUT2D eigenvalue weighted by molar-refractivity contribution is 0.0999. The monoisotopic (exact) mass is 290 g/mol. The first-order valence-electron chi connectivity index (χ1n) is 7.48. The van der Waals surface area contributed by atoms with E-state index < -0.39 is 5.91 Å². The first-order chi connectivity index (χ1) is 10.1. The number of carbonyl (C=O) groups is 1. The summed E-state index contributed by atoms with van der Waals surface area (Å²) in [5.74, 6) is 5.45. The van der Waals surface area contributed by atoms with Crippen LogP contribution in [-0.4, -0.2) is 21.1 Å². The van der Waals surface area contributed by atoms with Gasteiger partial charge in [0.05, 0.1) is 0 Å². The Bertz CT molecular complexity index is 558. The highest BCUT2D eigenvalue weighted by Gasteiger charge is 2.19. The largest absolute Gasteiger partial charge is 0.410 e. The van der Waals surface area contributed by atoms with Gasteiger partial charge in [-0.3, -0.25) is 4.79 Å². The molecule has 0 saturated heterocycles. The van der Waals surface area contributed by atoms with Gasteiger partial charge in [-0.25, -0.2) is 0 Å². The van der Waals surface area contributed by atoms with Crippen molar-refractivity contribution >= 4 is 11.7 Å². The van der Waals surface area contributed by atoms with Crippen LogP contribution in [0.2, 0.25) is 0 Å². The van der Waals surface area contributed by atoms with Gasteiger partial charge in [0, 0.05) is 5.92 Å². The minimum Gasteiger partial charge on any atom is -0.410 e. The average Bonchev–Trinajstić information content (AvgIpc) is 2.79. The molecule has 1 aromatic rings. The van der Waals surface area contributed by atoms with Gasteiger partial charge in [0.1, 0.15) is 5.56 Å². The molecule has 114 valence electrons. The Hall–Kier alpha value is -2.16. The summed E-state index contributed by atoms with van der Waals surface area (Å²) < 4.78 is 0. The number of nitrogens with two attached hydrogens (primary N) is 2. The summed E-state index contributed by atoms with van der Waals surface area (Å²) in [5, 5.41) is 13.2.